The van der Waals surface area contributed by atoms with Gasteiger partial charge in [0.25, 0.3) is 11.8 Å². The van der Waals surface area contributed by atoms with Crippen molar-refractivity contribution in [2.75, 3.05) is 29.9 Å². The molecule has 0 radical (unpaired) electrons. The molecule has 1 aliphatic rings. The van der Waals surface area contributed by atoms with Crippen LogP contribution in [0.3, 0.4) is 0 Å². The molecule has 2 amide bonds. The van der Waals surface area contributed by atoms with Crippen LogP contribution in [0.4, 0.5) is 11.4 Å². The highest BCUT2D eigenvalue weighted by molar-refractivity contribution is 7.12. The SMILES string of the molecule is O=C(NCC1CCN(c2ccccc2)C1)c1ccc(NC(=O)c2cccs2)cc1. The average molecular weight is 406 g/mol. The molecule has 1 saturated heterocycles. The minimum absolute atomic E-state index is 0.0840. The van der Waals surface area contributed by atoms with Gasteiger partial charge in [0.15, 0.2) is 0 Å². The van der Waals surface area contributed by atoms with Gasteiger partial charge in [-0.2, -0.15) is 0 Å². The van der Waals surface area contributed by atoms with Crippen LogP contribution >= 0.6 is 11.3 Å². The summed E-state index contributed by atoms with van der Waals surface area (Å²) >= 11 is 1.40. The van der Waals surface area contributed by atoms with E-state index in [1.807, 2.05) is 17.5 Å². The highest BCUT2D eigenvalue weighted by Crippen LogP contribution is 2.23. The Balaban J connectivity index is 1.26. The van der Waals surface area contributed by atoms with Crippen molar-refractivity contribution >= 4 is 34.5 Å². The summed E-state index contributed by atoms with van der Waals surface area (Å²) < 4.78 is 0. The molecule has 1 fully saturated rings. The van der Waals surface area contributed by atoms with Gasteiger partial charge in [-0.05, 0) is 60.2 Å². The largest absolute Gasteiger partial charge is 0.371 e. The first-order valence-corrected chi connectivity index (χ1v) is 10.6. The maximum atomic E-state index is 12.5. The number of para-hydroxylation sites is 1. The summed E-state index contributed by atoms with van der Waals surface area (Å²) in [7, 11) is 0. The minimum atomic E-state index is -0.138. The molecular formula is C23H23N3O2S. The Kier molecular flexibility index (Phi) is 5.91. The Morgan fingerprint density at radius 2 is 1.76 bits per heavy atom. The topological polar surface area (TPSA) is 61.4 Å². The van der Waals surface area contributed by atoms with E-state index >= 15 is 0 Å². The van der Waals surface area contributed by atoms with Gasteiger partial charge in [-0.3, -0.25) is 9.59 Å². The molecule has 5 nitrogen and oxygen atoms in total. The van der Waals surface area contributed by atoms with Crippen molar-refractivity contribution in [2.24, 2.45) is 5.92 Å². The van der Waals surface area contributed by atoms with Gasteiger partial charge in [0.1, 0.15) is 0 Å². The van der Waals surface area contributed by atoms with E-state index in [-0.39, 0.29) is 11.8 Å². The van der Waals surface area contributed by atoms with Crippen LogP contribution in [0.1, 0.15) is 26.5 Å². The van der Waals surface area contributed by atoms with E-state index in [1.165, 1.54) is 17.0 Å². The second kappa shape index (κ2) is 8.92. The molecule has 0 spiro atoms. The van der Waals surface area contributed by atoms with Crippen LogP contribution in [0, 0.1) is 5.92 Å². The van der Waals surface area contributed by atoms with Crippen LogP contribution in [0.25, 0.3) is 0 Å². The quantitative estimate of drug-likeness (QED) is 0.644. The van der Waals surface area contributed by atoms with Crippen LogP contribution in [0.15, 0.2) is 72.1 Å². The van der Waals surface area contributed by atoms with Crippen molar-refractivity contribution in [3.05, 3.63) is 82.6 Å². The molecule has 0 bridgehead atoms. The Bertz CT molecular complexity index is 956. The molecule has 148 valence electrons. The summed E-state index contributed by atoms with van der Waals surface area (Å²) in [4.78, 5) is 27.6. The number of nitrogens with one attached hydrogen (secondary N) is 2. The van der Waals surface area contributed by atoms with Crippen LogP contribution in [0.5, 0.6) is 0 Å². The number of hydrogen-bond acceptors (Lipinski definition) is 4. The zero-order valence-corrected chi connectivity index (χ0v) is 16.8. The van der Waals surface area contributed by atoms with Gasteiger partial charge in [-0.15, -0.1) is 11.3 Å². The molecule has 0 saturated carbocycles. The van der Waals surface area contributed by atoms with Crippen LogP contribution in [-0.2, 0) is 0 Å². The van der Waals surface area contributed by atoms with E-state index in [1.54, 1.807) is 30.3 Å². The first kappa shape index (κ1) is 19.2. The second-order valence-electron chi connectivity index (χ2n) is 7.16. The molecular weight excluding hydrogens is 382 g/mol. The molecule has 2 heterocycles. The third-order valence-corrected chi connectivity index (χ3v) is 5.98. The third kappa shape index (κ3) is 4.84. The molecule has 4 rings (SSSR count). The average Bonchev–Trinajstić information content (AvgIpc) is 3.45. The molecule has 6 heteroatoms. The highest BCUT2D eigenvalue weighted by Gasteiger charge is 2.23. The van der Waals surface area contributed by atoms with Crippen molar-refractivity contribution in [3.8, 4) is 0 Å². The smallest absolute Gasteiger partial charge is 0.265 e. The monoisotopic (exact) mass is 405 g/mol. The maximum absolute atomic E-state index is 12.5. The zero-order chi connectivity index (χ0) is 20.1. The fourth-order valence-corrected chi connectivity index (χ4v) is 4.14. The third-order valence-electron chi connectivity index (χ3n) is 5.11. The number of nitrogens with zero attached hydrogens (tertiary/aromatic N) is 1. The predicted octanol–water partition coefficient (Wildman–Crippen LogP) is 4.26. The lowest BCUT2D eigenvalue weighted by molar-refractivity contribution is 0.0947. The lowest BCUT2D eigenvalue weighted by atomic mass is 10.1. The molecule has 2 aromatic carbocycles. The molecule has 3 aromatic rings. The lowest BCUT2D eigenvalue weighted by Gasteiger charge is -2.18. The lowest BCUT2D eigenvalue weighted by Crippen LogP contribution is -2.31. The van der Waals surface area contributed by atoms with Gasteiger partial charge >= 0.3 is 0 Å². The first-order chi connectivity index (χ1) is 14.2. The van der Waals surface area contributed by atoms with Gasteiger partial charge < -0.3 is 15.5 Å². The maximum Gasteiger partial charge on any atom is 0.265 e. The zero-order valence-electron chi connectivity index (χ0n) is 16.0. The van der Waals surface area contributed by atoms with Crippen molar-refractivity contribution in [1.82, 2.24) is 5.32 Å². The molecule has 29 heavy (non-hydrogen) atoms. The normalized spacial score (nSPS) is 15.9. The summed E-state index contributed by atoms with van der Waals surface area (Å²) in [5, 5.41) is 7.75. The molecule has 1 atom stereocenters. The molecule has 1 aliphatic heterocycles. The van der Waals surface area contributed by atoms with Crippen molar-refractivity contribution in [3.63, 3.8) is 0 Å². The summed E-state index contributed by atoms with van der Waals surface area (Å²) in [5.41, 5.74) is 2.51. The Labute approximate surface area is 174 Å². The second-order valence-corrected chi connectivity index (χ2v) is 8.10. The summed E-state index contributed by atoms with van der Waals surface area (Å²) in [6.45, 7) is 2.64. The van der Waals surface area contributed by atoms with E-state index in [0.29, 0.717) is 28.6 Å². The van der Waals surface area contributed by atoms with Crippen LogP contribution in [-0.4, -0.2) is 31.4 Å². The highest BCUT2D eigenvalue weighted by atomic mass is 32.1. The van der Waals surface area contributed by atoms with E-state index in [4.69, 9.17) is 0 Å². The molecule has 1 unspecified atom stereocenters. The minimum Gasteiger partial charge on any atom is -0.371 e. The van der Waals surface area contributed by atoms with E-state index in [9.17, 15) is 9.59 Å². The number of anilines is 2. The van der Waals surface area contributed by atoms with Gasteiger partial charge in [0.2, 0.25) is 0 Å². The first-order valence-electron chi connectivity index (χ1n) is 9.72. The van der Waals surface area contributed by atoms with E-state index in [2.05, 4.69) is 39.8 Å². The van der Waals surface area contributed by atoms with Crippen molar-refractivity contribution < 1.29 is 9.59 Å². The summed E-state index contributed by atoms with van der Waals surface area (Å²) in [6, 6.07) is 21.0. The summed E-state index contributed by atoms with van der Waals surface area (Å²) in [6.07, 6.45) is 1.07. The Morgan fingerprint density at radius 3 is 2.48 bits per heavy atom. The van der Waals surface area contributed by atoms with Crippen LogP contribution in [0.2, 0.25) is 0 Å². The van der Waals surface area contributed by atoms with Gasteiger partial charge in [0.05, 0.1) is 4.88 Å². The van der Waals surface area contributed by atoms with Crippen LogP contribution < -0.4 is 15.5 Å². The predicted molar refractivity (Wildman–Crippen MR) is 118 cm³/mol. The van der Waals surface area contributed by atoms with Crippen molar-refractivity contribution in [1.29, 1.82) is 0 Å². The molecule has 0 aliphatic carbocycles. The fraction of sp³-hybridized carbons (Fsp3) is 0.217. The molecule has 1 aromatic heterocycles. The Hall–Kier alpha value is -3.12. The summed E-state index contributed by atoms with van der Waals surface area (Å²) in [5.74, 6) is 0.226. The number of hydrogen-bond donors (Lipinski definition) is 2. The van der Waals surface area contributed by atoms with Gasteiger partial charge in [0, 0.05) is 36.6 Å². The van der Waals surface area contributed by atoms with E-state index in [0.717, 1.165) is 19.5 Å². The molecule has 2 N–H and O–H groups in total. The number of carbonyl (C=O) groups is 2. The van der Waals surface area contributed by atoms with Gasteiger partial charge in [-0.1, -0.05) is 24.3 Å². The number of amides is 2. The van der Waals surface area contributed by atoms with Crippen molar-refractivity contribution in [2.45, 2.75) is 6.42 Å². The number of benzene rings is 2. The van der Waals surface area contributed by atoms with E-state index < -0.39 is 0 Å². The fourth-order valence-electron chi connectivity index (χ4n) is 3.52. The van der Waals surface area contributed by atoms with Gasteiger partial charge in [-0.25, -0.2) is 0 Å². The number of carbonyl (C=O) groups excluding carboxylic acids is 2. The number of rotatable bonds is 6. The Morgan fingerprint density at radius 1 is 0.966 bits per heavy atom. The number of thiophene rings is 1. The standard InChI is InChI=1S/C23H23N3O2S/c27-22(24-15-17-12-13-26(16-17)20-5-2-1-3-6-20)18-8-10-19(11-9-18)25-23(28)21-7-4-14-29-21/h1-11,14,17H,12-13,15-16H2,(H,24,27)(H,25,28).